The molecule has 0 N–H and O–H groups in total. The van der Waals surface area contributed by atoms with Crippen molar-refractivity contribution in [2.24, 2.45) is 0 Å². The van der Waals surface area contributed by atoms with Crippen molar-refractivity contribution >= 4 is 33.6 Å². The average molecular weight is 414 g/mol. The summed E-state index contributed by atoms with van der Waals surface area (Å²) in [6.45, 7) is 3.83. The van der Waals surface area contributed by atoms with Crippen LogP contribution < -0.4 is 9.64 Å². The normalized spacial score (nSPS) is 14.6. The minimum atomic E-state index is -0.651. The Kier molecular flexibility index (Phi) is 6.44. The predicted molar refractivity (Wildman–Crippen MR) is 94.3 cm³/mol. The number of halogens is 1. The third-order valence-corrected chi connectivity index (χ3v) is 3.90. The molecule has 0 fully saturated rings. The molecule has 1 aromatic rings. The van der Waals surface area contributed by atoms with Crippen molar-refractivity contribution in [3.8, 4) is 5.75 Å². The molecular formula is C17H20BrNO6. The largest absolute Gasteiger partial charge is 0.489 e. The van der Waals surface area contributed by atoms with Crippen molar-refractivity contribution in [3.63, 3.8) is 0 Å². The van der Waals surface area contributed by atoms with Crippen LogP contribution in [0.1, 0.15) is 13.8 Å². The van der Waals surface area contributed by atoms with Crippen LogP contribution in [0.5, 0.6) is 5.75 Å². The molecule has 1 aliphatic rings. The molecule has 0 saturated carbocycles. The van der Waals surface area contributed by atoms with E-state index in [1.807, 2.05) is 19.9 Å². The van der Waals surface area contributed by atoms with Gasteiger partial charge in [-0.15, -0.1) is 0 Å². The fraction of sp³-hybridized carbons (Fsp3) is 0.412. The number of anilines is 1. The first kappa shape index (κ1) is 19.3. The highest BCUT2D eigenvalue weighted by molar-refractivity contribution is 9.10. The number of benzene rings is 1. The highest BCUT2D eigenvalue weighted by Gasteiger charge is 2.33. The highest BCUT2D eigenvalue weighted by atomic mass is 79.9. The zero-order chi connectivity index (χ0) is 18.6. The Bertz CT molecular complexity index is 700. The van der Waals surface area contributed by atoms with E-state index in [1.54, 1.807) is 17.0 Å². The number of esters is 2. The van der Waals surface area contributed by atoms with Crippen LogP contribution in [0, 0.1) is 0 Å². The van der Waals surface area contributed by atoms with Gasteiger partial charge >= 0.3 is 11.9 Å². The van der Waals surface area contributed by atoms with Crippen LogP contribution in [0.15, 0.2) is 33.9 Å². The predicted octanol–water partition coefficient (Wildman–Crippen LogP) is 2.63. The van der Waals surface area contributed by atoms with E-state index in [-0.39, 0.29) is 30.7 Å². The highest BCUT2D eigenvalue weighted by Crippen LogP contribution is 2.36. The SMILES string of the molecule is COC(=O)C1=C(C(=O)OC)N(c2ccc(Br)cc2OC(C)C)COC1. The number of hydrogen-bond donors (Lipinski definition) is 0. The van der Waals surface area contributed by atoms with Crippen LogP contribution in [0.25, 0.3) is 0 Å². The standard InChI is InChI=1S/C17H20BrNO6/c1-10(2)25-14-7-11(18)5-6-13(14)19-9-24-8-12(16(20)22-3)15(19)17(21)23-4/h5-7,10H,8-9H2,1-4H3. The lowest BCUT2D eigenvalue weighted by Gasteiger charge is -2.32. The maximum atomic E-state index is 12.3. The molecule has 0 spiro atoms. The van der Waals surface area contributed by atoms with Gasteiger partial charge in [0.05, 0.1) is 38.2 Å². The number of nitrogens with zero attached hydrogens (tertiary/aromatic N) is 1. The molecule has 0 saturated heterocycles. The van der Waals surface area contributed by atoms with Gasteiger partial charge in [0.15, 0.2) is 0 Å². The Hall–Kier alpha value is -2.06. The van der Waals surface area contributed by atoms with Crippen molar-refractivity contribution in [3.05, 3.63) is 33.9 Å². The van der Waals surface area contributed by atoms with Crippen LogP contribution in [-0.2, 0) is 23.8 Å². The second-order valence-electron chi connectivity index (χ2n) is 5.49. The van der Waals surface area contributed by atoms with Gasteiger partial charge in [0.25, 0.3) is 0 Å². The van der Waals surface area contributed by atoms with Gasteiger partial charge in [0.2, 0.25) is 0 Å². The number of hydrogen-bond acceptors (Lipinski definition) is 7. The molecule has 25 heavy (non-hydrogen) atoms. The van der Waals surface area contributed by atoms with Crippen LogP contribution in [0.2, 0.25) is 0 Å². The van der Waals surface area contributed by atoms with Crippen LogP contribution in [0.3, 0.4) is 0 Å². The van der Waals surface area contributed by atoms with E-state index in [4.69, 9.17) is 18.9 Å². The van der Waals surface area contributed by atoms with E-state index in [0.717, 1.165) is 4.47 Å². The van der Waals surface area contributed by atoms with Gasteiger partial charge in [-0.05, 0) is 32.0 Å². The molecule has 136 valence electrons. The lowest BCUT2D eigenvalue weighted by Crippen LogP contribution is -2.39. The van der Waals surface area contributed by atoms with Crippen molar-refractivity contribution in [2.75, 3.05) is 32.5 Å². The molecule has 0 radical (unpaired) electrons. The summed E-state index contributed by atoms with van der Waals surface area (Å²) in [5.41, 5.74) is 0.758. The van der Waals surface area contributed by atoms with Gasteiger partial charge in [-0.2, -0.15) is 0 Å². The Morgan fingerprint density at radius 3 is 2.48 bits per heavy atom. The van der Waals surface area contributed by atoms with Gasteiger partial charge in [0.1, 0.15) is 18.2 Å². The van der Waals surface area contributed by atoms with E-state index >= 15 is 0 Å². The molecule has 0 aliphatic carbocycles. The second-order valence-corrected chi connectivity index (χ2v) is 6.41. The maximum absolute atomic E-state index is 12.3. The Labute approximate surface area is 154 Å². The molecule has 7 nitrogen and oxygen atoms in total. The van der Waals surface area contributed by atoms with E-state index in [1.165, 1.54) is 14.2 Å². The zero-order valence-corrected chi connectivity index (χ0v) is 16.1. The molecule has 0 aromatic heterocycles. The molecule has 8 heteroatoms. The smallest absolute Gasteiger partial charge is 0.355 e. The molecular weight excluding hydrogens is 394 g/mol. The number of rotatable bonds is 5. The summed E-state index contributed by atoms with van der Waals surface area (Å²) in [5, 5.41) is 0. The lowest BCUT2D eigenvalue weighted by molar-refractivity contribution is -0.140. The van der Waals surface area contributed by atoms with E-state index in [0.29, 0.717) is 11.4 Å². The Morgan fingerprint density at radius 2 is 1.88 bits per heavy atom. The van der Waals surface area contributed by atoms with Gasteiger partial charge < -0.3 is 23.8 Å². The number of carbonyl (C=O) groups excluding carboxylic acids is 2. The summed E-state index contributed by atoms with van der Waals surface area (Å²) in [6, 6.07) is 5.37. The molecule has 1 aliphatic heterocycles. The summed E-state index contributed by atoms with van der Waals surface area (Å²) < 4.78 is 21.8. The average Bonchev–Trinajstić information content (AvgIpc) is 2.59. The summed E-state index contributed by atoms with van der Waals surface area (Å²) in [5.74, 6) is -0.754. The first-order valence-electron chi connectivity index (χ1n) is 7.60. The van der Waals surface area contributed by atoms with Crippen molar-refractivity contribution in [1.29, 1.82) is 0 Å². The van der Waals surface area contributed by atoms with E-state index < -0.39 is 11.9 Å². The third kappa shape index (κ3) is 4.32. The topological polar surface area (TPSA) is 74.3 Å². The minimum Gasteiger partial charge on any atom is -0.489 e. The van der Waals surface area contributed by atoms with Crippen molar-refractivity contribution in [1.82, 2.24) is 0 Å². The molecule has 1 heterocycles. The fourth-order valence-electron chi connectivity index (χ4n) is 2.39. The fourth-order valence-corrected chi connectivity index (χ4v) is 2.73. The molecule has 2 rings (SSSR count). The quantitative estimate of drug-likeness (QED) is 0.686. The molecule has 1 aromatic carbocycles. The van der Waals surface area contributed by atoms with E-state index in [9.17, 15) is 9.59 Å². The molecule has 0 amide bonds. The first-order valence-corrected chi connectivity index (χ1v) is 8.39. The Morgan fingerprint density at radius 1 is 1.20 bits per heavy atom. The third-order valence-electron chi connectivity index (χ3n) is 3.41. The van der Waals surface area contributed by atoms with Gasteiger partial charge in [-0.1, -0.05) is 15.9 Å². The van der Waals surface area contributed by atoms with Gasteiger partial charge in [0, 0.05) is 4.47 Å². The van der Waals surface area contributed by atoms with Crippen LogP contribution in [-0.4, -0.2) is 45.6 Å². The summed E-state index contributed by atoms with van der Waals surface area (Å²) in [6.07, 6.45) is -0.0793. The van der Waals surface area contributed by atoms with Gasteiger partial charge in [-0.25, -0.2) is 9.59 Å². The number of ether oxygens (including phenoxy) is 4. The number of carbonyl (C=O) groups is 2. The summed E-state index contributed by atoms with van der Waals surface area (Å²) in [7, 11) is 2.50. The van der Waals surface area contributed by atoms with Crippen molar-refractivity contribution < 1.29 is 28.5 Å². The first-order chi connectivity index (χ1) is 11.9. The monoisotopic (exact) mass is 413 g/mol. The molecule has 0 unspecified atom stereocenters. The lowest BCUT2D eigenvalue weighted by atomic mass is 10.1. The summed E-state index contributed by atoms with van der Waals surface area (Å²) in [4.78, 5) is 26.0. The summed E-state index contributed by atoms with van der Waals surface area (Å²) >= 11 is 3.41. The van der Waals surface area contributed by atoms with Gasteiger partial charge in [-0.3, -0.25) is 0 Å². The second kappa shape index (κ2) is 8.35. The zero-order valence-electron chi connectivity index (χ0n) is 14.5. The minimum absolute atomic E-state index is 0.0372. The maximum Gasteiger partial charge on any atom is 0.355 e. The van der Waals surface area contributed by atoms with Crippen LogP contribution in [0.4, 0.5) is 5.69 Å². The molecule has 0 bridgehead atoms. The van der Waals surface area contributed by atoms with E-state index in [2.05, 4.69) is 15.9 Å². The van der Waals surface area contributed by atoms with Crippen molar-refractivity contribution in [2.45, 2.75) is 20.0 Å². The Balaban J connectivity index is 2.59. The number of methoxy groups -OCH3 is 2. The van der Waals surface area contributed by atoms with Crippen LogP contribution >= 0.6 is 15.9 Å². The molecule has 0 atom stereocenters.